The third-order valence-electron chi connectivity index (χ3n) is 7.99. The average molecular weight is 368 g/mol. The minimum absolute atomic E-state index is 0.00992. The molecular weight excluding hydrogens is 334 g/mol. The van der Waals surface area contributed by atoms with Gasteiger partial charge in [-0.2, -0.15) is 0 Å². The van der Waals surface area contributed by atoms with E-state index in [9.17, 15) is 13.2 Å². The van der Waals surface area contributed by atoms with Crippen molar-refractivity contribution in [2.45, 2.75) is 72.3 Å². The summed E-state index contributed by atoms with van der Waals surface area (Å²) in [7, 11) is -3.50. The minimum Gasteiger partial charge on any atom is -0.273 e. The largest absolute Gasteiger partial charge is 0.273 e. The molecule has 3 rings (SSSR count). The van der Waals surface area contributed by atoms with Gasteiger partial charge >= 0.3 is 0 Å². The number of hydrogen-bond donors (Lipinski definition) is 0. The summed E-state index contributed by atoms with van der Waals surface area (Å²) in [6.45, 7) is 12.2. The van der Waals surface area contributed by atoms with Crippen LogP contribution in [-0.2, 0) is 14.8 Å². The highest BCUT2D eigenvalue weighted by Crippen LogP contribution is 2.70. The van der Waals surface area contributed by atoms with Crippen LogP contribution in [0.5, 0.6) is 0 Å². The number of allylic oxidation sites excluding steroid dienone is 1. The number of carbonyl (C=O) groups is 1. The molecule has 1 unspecified atom stereocenters. The molecule has 0 aromatic carbocycles. The van der Waals surface area contributed by atoms with Crippen molar-refractivity contribution in [3.8, 4) is 0 Å². The van der Waals surface area contributed by atoms with Crippen molar-refractivity contribution in [2.75, 3.05) is 5.75 Å². The van der Waals surface area contributed by atoms with Gasteiger partial charge in [0.1, 0.15) is 0 Å². The van der Waals surface area contributed by atoms with Gasteiger partial charge in [-0.3, -0.25) is 4.79 Å². The van der Waals surface area contributed by atoms with E-state index in [0.717, 1.165) is 38.5 Å². The van der Waals surface area contributed by atoms with Crippen molar-refractivity contribution in [3.05, 3.63) is 12.7 Å². The van der Waals surface area contributed by atoms with Crippen LogP contribution in [0.15, 0.2) is 12.7 Å². The maximum atomic E-state index is 13.3. The van der Waals surface area contributed by atoms with Gasteiger partial charge in [0.05, 0.1) is 11.8 Å². The SMILES string of the molecule is C=CCC[C@@H](CC)[C@@H](C)C(=O)N1[C@H]2CC3CC[C@@]2(CS1(=O)=O)C3(C)C. The summed E-state index contributed by atoms with van der Waals surface area (Å²) in [4.78, 5) is 13.3. The lowest BCUT2D eigenvalue weighted by Gasteiger charge is -2.37. The summed E-state index contributed by atoms with van der Waals surface area (Å²) < 4.78 is 27.4. The molecule has 5 atom stereocenters. The smallest absolute Gasteiger partial charge is 0.239 e. The lowest BCUT2D eigenvalue weighted by Crippen LogP contribution is -2.47. The van der Waals surface area contributed by atoms with Crippen LogP contribution in [0.1, 0.15) is 66.2 Å². The van der Waals surface area contributed by atoms with Crippen LogP contribution >= 0.6 is 0 Å². The Kier molecular flexibility index (Phi) is 4.62. The summed E-state index contributed by atoms with van der Waals surface area (Å²) in [5.74, 6) is 0.499. The van der Waals surface area contributed by atoms with E-state index in [2.05, 4.69) is 27.4 Å². The number of sulfonamides is 1. The van der Waals surface area contributed by atoms with Gasteiger partial charge < -0.3 is 0 Å². The average Bonchev–Trinajstić information content (AvgIpc) is 3.02. The fourth-order valence-corrected chi connectivity index (χ4v) is 8.74. The number of amides is 1. The summed E-state index contributed by atoms with van der Waals surface area (Å²) in [6.07, 6.45) is 7.43. The first-order valence-corrected chi connectivity index (χ1v) is 11.4. The number of nitrogens with zero attached hydrogens (tertiary/aromatic N) is 1. The van der Waals surface area contributed by atoms with Crippen molar-refractivity contribution < 1.29 is 13.2 Å². The van der Waals surface area contributed by atoms with Crippen LogP contribution in [-0.4, -0.2) is 30.4 Å². The molecule has 1 amide bonds. The lowest BCUT2D eigenvalue weighted by atomic mass is 9.69. The molecular formula is C20H33NO3S. The van der Waals surface area contributed by atoms with Crippen molar-refractivity contribution in [3.63, 3.8) is 0 Å². The van der Waals surface area contributed by atoms with Crippen LogP contribution in [0, 0.1) is 28.6 Å². The zero-order valence-corrected chi connectivity index (χ0v) is 16.9. The summed E-state index contributed by atoms with van der Waals surface area (Å²) in [5.41, 5.74) is -0.218. The Bertz CT molecular complexity index is 668. The van der Waals surface area contributed by atoms with Crippen molar-refractivity contribution in [1.29, 1.82) is 0 Å². The molecule has 1 aliphatic heterocycles. The molecule has 0 radical (unpaired) electrons. The Balaban J connectivity index is 1.89. The van der Waals surface area contributed by atoms with Crippen LogP contribution in [0.2, 0.25) is 0 Å². The fourth-order valence-electron chi connectivity index (χ4n) is 6.12. The molecule has 2 aliphatic carbocycles. The molecule has 25 heavy (non-hydrogen) atoms. The summed E-state index contributed by atoms with van der Waals surface area (Å²) >= 11 is 0. The Hall–Kier alpha value is -0.840. The zero-order valence-electron chi connectivity index (χ0n) is 16.1. The molecule has 4 nitrogen and oxygen atoms in total. The van der Waals surface area contributed by atoms with E-state index in [-0.39, 0.29) is 40.4 Å². The maximum Gasteiger partial charge on any atom is 0.239 e. The Morgan fingerprint density at radius 1 is 1.40 bits per heavy atom. The van der Waals surface area contributed by atoms with E-state index in [1.807, 2.05) is 13.0 Å². The number of carbonyl (C=O) groups excluding carboxylic acids is 1. The third-order valence-corrected chi connectivity index (χ3v) is 9.90. The predicted molar refractivity (Wildman–Crippen MR) is 100 cm³/mol. The first kappa shape index (κ1) is 18.9. The highest BCUT2D eigenvalue weighted by molar-refractivity contribution is 7.90. The van der Waals surface area contributed by atoms with Gasteiger partial charge in [-0.25, -0.2) is 12.7 Å². The topological polar surface area (TPSA) is 54.5 Å². The van der Waals surface area contributed by atoms with Crippen molar-refractivity contribution in [2.24, 2.45) is 28.6 Å². The minimum atomic E-state index is -3.50. The molecule has 1 heterocycles. The van der Waals surface area contributed by atoms with Gasteiger partial charge in [0, 0.05) is 11.3 Å². The molecule has 142 valence electrons. The molecule has 2 bridgehead atoms. The predicted octanol–water partition coefficient (Wildman–Crippen LogP) is 3.98. The van der Waals surface area contributed by atoms with Crippen LogP contribution in [0.4, 0.5) is 0 Å². The van der Waals surface area contributed by atoms with Gasteiger partial charge in [0.2, 0.25) is 15.9 Å². The molecule has 0 N–H and O–H groups in total. The van der Waals surface area contributed by atoms with E-state index in [1.165, 1.54) is 4.31 Å². The number of hydrogen-bond acceptors (Lipinski definition) is 3. The van der Waals surface area contributed by atoms with Crippen LogP contribution < -0.4 is 0 Å². The molecule has 3 aliphatic rings. The van der Waals surface area contributed by atoms with Crippen molar-refractivity contribution in [1.82, 2.24) is 4.31 Å². The summed E-state index contributed by atoms with van der Waals surface area (Å²) in [5, 5.41) is 0. The monoisotopic (exact) mass is 367 g/mol. The van der Waals surface area contributed by atoms with E-state index < -0.39 is 10.0 Å². The molecule has 2 saturated carbocycles. The number of rotatable bonds is 6. The zero-order chi connectivity index (χ0) is 18.6. The van der Waals surface area contributed by atoms with Gasteiger partial charge in [-0.05, 0) is 49.4 Å². The second-order valence-corrected chi connectivity index (χ2v) is 10.9. The van der Waals surface area contributed by atoms with Crippen LogP contribution in [0.25, 0.3) is 0 Å². The van der Waals surface area contributed by atoms with Crippen molar-refractivity contribution >= 4 is 15.9 Å². The summed E-state index contributed by atoms with van der Waals surface area (Å²) in [6, 6.07) is -0.113. The second kappa shape index (κ2) is 6.11. The highest BCUT2D eigenvalue weighted by Gasteiger charge is 2.72. The first-order chi connectivity index (χ1) is 11.6. The quantitative estimate of drug-likeness (QED) is 0.667. The number of fused-ring (bicyclic) bond motifs is 1. The third kappa shape index (κ3) is 2.52. The van der Waals surface area contributed by atoms with E-state index >= 15 is 0 Å². The van der Waals surface area contributed by atoms with Crippen LogP contribution in [0.3, 0.4) is 0 Å². The molecule has 1 saturated heterocycles. The molecule has 0 aromatic heterocycles. The van der Waals surface area contributed by atoms with E-state index in [4.69, 9.17) is 0 Å². The highest BCUT2D eigenvalue weighted by atomic mass is 32.2. The Labute approximate surface area is 153 Å². The standard InChI is InChI=1S/C20H33NO3S/c1-6-8-9-15(7-2)14(3)18(22)21-17-12-16-10-11-20(17,19(16,4)5)13-25(21,23)24/h6,14-17H,1,7-13H2,2-5H3/t14-,15-,16?,17+,20+/m1/s1. The van der Waals surface area contributed by atoms with Gasteiger partial charge in [-0.15, -0.1) is 6.58 Å². The Morgan fingerprint density at radius 3 is 2.64 bits per heavy atom. The van der Waals surface area contributed by atoms with E-state index in [1.54, 1.807) is 0 Å². The van der Waals surface area contributed by atoms with Gasteiger partial charge in [0.15, 0.2) is 0 Å². The normalized spacial score (nSPS) is 36.9. The molecule has 1 spiro atoms. The fraction of sp³-hybridized carbons (Fsp3) is 0.850. The molecule has 5 heteroatoms. The maximum absolute atomic E-state index is 13.3. The Morgan fingerprint density at radius 2 is 2.08 bits per heavy atom. The first-order valence-electron chi connectivity index (χ1n) is 9.79. The lowest BCUT2D eigenvalue weighted by molar-refractivity contribution is -0.134. The molecule has 3 fully saturated rings. The second-order valence-electron chi connectivity index (χ2n) is 9.08. The molecule has 0 aromatic rings. The van der Waals surface area contributed by atoms with Gasteiger partial charge in [-0.1, -0.05) is 40.2 Å². The van der Waals surface area contributed by atoms with Gasteiger partial charge in [0.25, 0.3) is 0 Å². The van der Waals surface area contributed by atoms with E-state index in [0.29, 0.717) is 5.92 Å².